The lowest BCUT2D eigenvalue weighted by molar-refractivity contribution is 0.318. The summed E-state index contributed by atoms with van der Waals surface area (Å²) < 4.78 is 21.0. The second kappa shape index (κ2) is 9.39. The van der Waals surface area contributed by atoms with Crippen LogP contribution in [0.3, 0.4) is 0 Å². The Labute approximate surface area is 188 Å². The fraction of sp³-hybridized carbons (Fsp3) is 0.308. The molecule has 0 aliphatic carbocycles. The number of amidine groups is 1. The van der Waals surface area contributed by atoms with Crippen LogP contribution in [-0.2, 0) is 0 Å². The number of aliphatic imine (C=N–C) groups is 1. The summed E-state index contributed by atoms with van der Waals surface area (Å²) in [6.45, 7) is 5.03. The third kappa shape index (κ3) is 4.44. The zero-order chi connectivity index (χ0) is 22.7. The zero-order valence-corrected chi connectivity index (χ0v) is 19.0. The van der Waals surface area contributed by atoms with Crippen LogP contribution in [0.5, 0.6) is 5.75 Å². The first-order valence-corrected chi connectivity index (χ1v) is 10.9. The third-order valence-corrected chi connectivity index (χ3v) is 5.97. The van der Waals surface area contributed by atoms with Gasteiger partial charge < -0.3 is 14.2 Å². The Balaban J connectivity index is 1.63. The second-order valence-corrected chi connectivity index (χ2v) is 8.09. The van der Waals surface area contributed by atoms with Gasteiger partial charge in [-0.25, -0.2) is 9.37 Å². The summed E-state index contributed by atoms with van der Waals surface area (Å²) in [5, 5.41) is 0. The number of halogens is 1. The van der Waals surface area contributed by atoms with Gasteiger partial charge in [0, 0.05) is 19.8 Å². The second-order valence-electron chi connectivity index (χ2n) is 8.09. The van der Waals surface area contributed by atoms with Crippen molar-refractivity contribution in [3.8, 4) is 11.4 Å². The van der Waals surface area contributed by atoms with Crippen molar-refractivity contribution in [1.29, 1.82) is 0 Å². The van der Waals surface area contributed by atoms with Crippen molar-refractivity contribution < 1.29 is 9.13 Å². The lowest BCUT2D eigenvalue weighted by atomic mass is 9.96. The number of aromatic nitrogens is 2. The normalized spacial score (nSPS) is 17.7. The smallest absolute Gasteiger partial charge is 0.143 e. The minimum atomic E-state index is -0.215. The predicted molar refractivity (Wildman–Crippen MR) is 127 cm³/mol. The lowest BCUT2D eigenvalue weighted by Crippen LogP contribution is -2.39. The van der Waals surface area contributed by atoms with E-state index in [2.05, 4.69) is 40.0 Å². The molecule has 1 fully saturated rings. The molecule has 0 radical (unpaired) electrons. The van der Waals surface area contributed by atoms with Crippen molar-refractivity contribution >= 4 is 11.9 Å². The zero-order valence-electron chi connectivity index (χ0n) is 19.0. The summed E-state index contributed by atoms with van der Waals surface area (Å²) >= 11 is 0. The first-order chi connectivity index (χ1) is 15.5. The molecule has 2 heterocycles. The molecule has 1 aromatic heterocycles. The molecule has 0 saturated carbocycles. The number of rotatable bonds is 5. The average Bonchev–Trinajstić information content (AvgIpc) is 3.24. The summed E-state index contributed by atoms with van der Waals surface area (Å²) in [5.41, 5.74) is 5.25. The van der Waals surface area contributed by atoms with Crippen molar-refractivity contribution in [3.63, 3.8) is 0 Å². The molecule has 3 aromatic rings. The Bertz CT molecular complexity index is 1150. The van der Waals surface area contributed by atoms with Crippen molar-refractivity contribution in [2.75, 3.05) is 20.7 Å². The van der Waals surface area contributed by atoms with Crippen LogP contribution in [0.4, 0.5) is 4.39 Å². The highest BCUT2D eigenvalue weighted by atomic mass is 19.1. The largest absolute Gasteiger partial charge is 0.495 e. The number of nitrogens with zero attached hydrogens (tertiary/aromatic N) is 4. The maximum Gasteiger partial charge on any atom is 0.143 e. The molecule has 0 N–H and O–H groups in total. The van der Waals surface area contributed by atoms with E-state index in [1.807, 2.05) is 42.9 Å². The van der Waals surface area contributed by atoms with Crippen LogP contribution in [0.1, 0.15) is 42.6 Å². The van der Waals surface area contributed by atoms with E-state index < -0.39 is 0 Å². The van der Waals surface area contributed by atoms with Crippen molar-refractivity contribution in [2.24, 2.45) is 4.99 Å². The molecule has 5 nitrogen and oxygen atoms in total. The number of piperidine rings is 1. The van der Waals surface area contributed by atoms with Gasteiger partial charge in [-0.3, -0.25) is 4.99 Å². The number of benzene rings is 2. The Morgan fingerprint density at radius 2 is 1.97 bits per heavy atom. The first-order valence-electron chi connectivity index (χ1n) is 10.9. The van der Waals surface area contributed by atoms with E-state index >= 15 is 0 Å². The van der Waals surface area contributed by atoms with Crippen LogP contribution >= 0.6 is 0 Å². The minimum absolute atomic E-state index is 0.111. The SMILES string of the molecule is C/N=C1\C(=C\c2ccc(-n3cnc(C)c3)c(OC)c2)CCCN1C(C)c1ccc(F)cc1. The maximum absolute atomic E-state index is 13.4. The highest BCUT2D eigenvalue weighted by Crippen LogP contribution is 2.31. The third-order valence-electron chi connectivity index (χ3n) is 5.97. The molecule has 1 unspecified atom stereocenters. The molecule has 1 aliphatic heterocycles. The van der Waals surface area contributed by atoms with Gasteiger partial charge in [0.1, 0.15) is 17.4 Å². The van der Waals surface area contributed by atoms with E-state index in [1.54, 1.807) is 13.4 Å². The first kappa shape index (κ1) is 21.8. The molecular weight excluding hydrogens is 403 g/mol. The molecule has 4 rings (SSSR count). The van der Waals surface area contributed by atoms with E-state index in [-0.39, 0.29) is 11.9 Å². The Kier molecular flexibility index (Phi) is 6.40. The average molecular weight is 433 g/mol. The van der Waals surface area contributed by atoms with Gasteiger partial charge in [0.15, 0.2) is 0 Å². The van der Waals surface area contributed by atoms with Crippen molar-refractivity contribution in [2.45, 2.75) is 32.7 Å². The summed E-state index contributed by atoms with van der Waals surface area (Å²) in [4.78, 5) is 11.3. The van der Waals surface area contributed by atoms with Crippen LogP contribution < -0.4 is 4.74 Å². The van der Waals surface area contributed by atoms with E-state index in [0.717, 1.165) is 53.5 Å². The fourth-order valence-electron chi connectivity index (χ4n) is 4.30. The van der Waals surface area contributed by atoms with Gasteiger partial charge in [0.05, 0.1) is 30.9 Å². The number of hydrogen-bond donors (Lipinski definition) is 0. The summed E-state index contributed by atoms with van der Waals surface area (Å²) in [5.74, 6) is 1.56. The number of imidazole rings is 1. The van der Waals surface area contributed by atoms with Gasteiger partial charge in [-0.15, -0.1) is 0 Å². The quantitative estimate of drug-likeness (QED) is 0.527. The van der Waals surface area contributed by atoms with Crippen molar-refractivity contribution in [1.82, 2.24) is 14.5 Å². The molecule has 0 spiro atoms. The van der Waals surface area contributed by atoms with E-state index in [1.165, 1.54) is 17.7 Å². The van der Waals surface area contributed by atoms with Crippen LogP contribution in [0.15, 0.2) is 65.6 Å². The van der Waals surface area contributed by atoms with Crippen LogP contribution in [-0.4, -0.2) is 41.0 Å². The number of methoxy groups -OCH3 is 1. The Morgan fingerprint density at radius 1 is 1.19 bits per heavy atom. The number of ether oxygens (including phenoxy) is 1. The molecule has 1 aliphatic rings. The molecule has 166 valence electrons. The number of likely N-dealkylation sites (tertiary alicyclic amines) is 1. The minimum Gasteiger partial charge on any atom is -0.495 e. The van der Waals surface area contributed by atoms with Gasteiger partial charge >= 0.3 is 0 Å². The van der Waals surface area contributed by atoms with Gasteiger partial charge in [-0.1, -0.05) is 18.2 Å². The summed E-state index contributed by atoms with van der Waals surface area (Å²) in [6, 6.07) is 13.1. The molecule has 1 atom stereocenters. The van der Waals surface area contributed by atoms with E-state index in [9.17, 15) is 4.39 Å². The monoisotopic (exact) mass is 432 g/mol. The predicted octanol–water partition coefficient (Wildman–Crippen LogP) is 5.60. The molecule has 0 bridgehead atoms. The maximum atomic E-state index is 13.4. The summed E-state index contributed by atoms with van der Waals surface area (Å²) in [7, 11) is 3.52. The Hall–Kier alpha value is -3.41. The van der Waals surface area contributed by atoms with Gasteiger partial charge in [0.25, 0.3) is 0 Å². The highest BCUT2D eigenvalue weighted by molar-refractivity contribution is 6.03. The molecule has 2 aromatic carbocycles. The molecule has 1 saturated heterocycles. The molecule has 32 heavy (non-hydrogen) atoms. The Morgan fingerprint density at radius 3 is 2.62 bits per heavy atom. The van der Waals surface area contributed by atoms with Gasteiger partial charge in [-0.2, -0.15) is 0 Å². The fourth-order valence-corrected chi connectivity index (χ4v) is 4.30. The van der Waals surface area contributed by atoms with Gasteiger partial charge in [-0.05, 0) is 73.7 Å². The van der Waals surface area contributed by atoms with Crippen LogP contribution in [0.2, 0.25) is 0 Å². The van der Waals surface area contributed by atoms with Crippen LogP contribution in [0, 0.1) is 12.7 Å². The van der Waals surface area contributed by atoms with E-state index in [0.29, 0.717) is 0 Å². The summed E-state index contributed by atoms with van der Waals surface area (Å²) in [6.07, 6.45) is 7.97. The lowest BCUT2D eigenvalue weighted by Gasteiger charge is -2.37. The highest BCUT2D eigenvalue weighted by Gasteiger charge is 2.26. The van der Waals surface area contributed by atoms with Crippen LogP contribution in [0.25, 0.3) is 11.8 Å². The topological polar surface area (TPSA) is 42.6 Å². The standard InChI is InChI=1S/C26H29FN4O/c1-18-16-30(17-29-18)24-12-7-20(15-25(24)32-4)14-22-6-5-13-31(26(22)28-3)19(2)21-8-10-23(27)11-9-21/h7-12,14-17,19H,5-6,13H2,1-4H3/b22-14+,28-26+. The van der Waals surface area contributed by atoms with Crippen molar-refractivity contribution in [3.05, 3.63) is 83.2 Å². The van der Waals surface area contributed by atoms with E-state index in [4.69, 9.17) is 4.74 Å². The number of hydrogen-bond acceptors (Lipinski definition) is 3. The molecule has 0 amide bonds. The molecule has 6 heteroatoms. The van der Waals surface area contributed by atoms with Gasteiger partial charge in [0.2, 0.25) is 0 Å². The molecular formula is C26H29FN4O. The number of aryl methyl sites for hydroxylation is 1.